The fraction of sp³-hybridized carbons (Fsp3) is 0.750. The molecule has 1 saturated heterocycles. The summed E-state index contributed by atoms with van der Waals surface area (Å²) in [6.07, 6.45) is -5.25. The number of nitrogens with zero attached hydrogens (tertiary/aromatic N) is 3. The maximum Gasteiger partial charge on any atom is 0.417 e. The lowest BCUT2D eigenvalue weighted by Crippen LogP contribution is -2.53. The average Bonchev–Trinajstić information content (AvgIpc) is 2.64. The van der Waals surface area contributed by atoms with Gasteiger partial charge in [0, 0.05) is 25.9 Å². The lowest BCUT2D eigenvalue weighted by Gasteiger charge is -2.38. The first kappa shape index (κ1) is 13.0. The highest BCUT2D eigenvalue weighted by Crippen LogP contribution is 2.39. The van der Waals surface area contributed by atoms with Crippen LogP contribution in [0.1, 0.15) is 12.8 Å². The third-order valence-electron chi connectivity index (χ3n) is 2.78. The van der Waals surface area contributed by atoms with Crippen molar-refractivity contribution in [1.29, 1.82) is 0 Å². The Morgan fingerprint density at radius 3 is 2.29 bits per heavy atom. The van der Waals surface area contributed by atoms with Crippen molar-refractivity contribution >= 4 is 32.4 Å². The molecule has 0 spiro atoms. The minimum absolute atomic E-state index is 0.123. The fourth-order valence-electron chi connectivity index (χ4n) is 1.68. The van der Waals surface area contributed by atoms with Gasteiger partial charge in [-0.05, 0) is 15.9 Å². The molecule has 0 amide bonds. The van der Waals surface area contributed by atoms with E-state index in [1.165, 1.54) is 11.3 Å². The molecule has 1 aromatic rings. The standard InChI is InChI=1S/C8H9BrF3N3OS/c9-5-13-14-6(17-5)15-3-1-7(16,2-4-15)8(10,11)12/h16H,1-4H2. The zero-order valence-electron chi connectivity index (χ0n) is 8.54. The van der Waals surface area contributed by atoms with E-state index in [0.29, 0.717) is 9.05 Å². The summed E-state index contributed by atoms with van der Waals surface area (Å²) in [6, 6.07) is 0. The molecule has 17 heavy (non-hydrogen) atoms. The van der Waals surface area contributed by atoms with Crippen molar-refractivity contribution in [3.8, 4) is 0 Å². The lowest BCUT2D eigenvalue weighted by molar-refractivity contribution is -0.266. The average molecular weight is 332 g/mol. The quantitative estimate of drug-likeness (QED) is 0.857. The van der Waals surface area contributed by atoms with Crippen molar-refractivity contribution in [1.82, 2.24) is 10.2 Å². The van der Waals surface area contributed by atoms with Gasteiger partial charge in [-0.25, -0.2) is 0 Å². The van der Waals surface area contributed by atoms with Gasteiger partial charge in [0.25, 0.3) is 0 Å². The van der Waals surface area contributed by atoms with Crippen molar-refractivity contribution in [3.05, 3.63) is 3.92 Å². The summed E-state index contributed by atoms with van der Waals surface area (Å²) in [7, 11) is 0. The number of hydrogen-bond acceptors (Lipinski definition) is 5. The van der Waals surface area contributed by atoms with Crippen LogP contribution in [0, 0.1) is 0 Å². The molecule has 0 radical (unpaired) electrons. The second-order valence-electron chi connectivity index (χ2n) is 3.85. The summed E-state index contributed by atoms with van der Waals surface area (Å²) in [4.78, 5) is 1.70. The molecule has 1 aliphatic heterocycles. The maximum absolute atomic E-state index is 12.6. The van der Waals surface area contributed by atoms with Crippen LogP contribution in [-0.2, 0) is 0 Å². The lowest BCUT2D eigenvalue weighted by atomic mass is 9.91. The molecule has 0 aromatic carbocycles. The normalized spacial score (nSPS) is 20.6. The second kappa shape index (κ2) is 4.36. The molecule has 1 fully saturated rings. The molecule has 0 bridgehead atoms. The Balaban J connectivity index is 2.03. The Labute approximate surface area is 108 Å². The number of alkyl halides is 3. The van der Waals surface area contributed by atoms with Gasteiger partial charge < -0.3 is 10.0 Å². The van der Waals surface area contributed by atoms with Gasteiger partial charge in [-0.15, -0.1) is 10.2 Å². The van der Waals surface area contributed by atoms with E-state index in [1.807, 2.05) is 0 Å². The van der Waals surface area contributed by atoms with Gasteiger partial charge >= 0.3 is 6.18 Å². The van der Waals surface area contributed by atoms with Crippen LogP contribution in [-0.4, -0.2) is 40.2 Å². The Bertz CT molecular complexity index is 403. The van der Waals surface area contributed by atoms with Crippen molar-refractivity contribution in [2.75, 3.05) is 18.0 Å². The molecule has 9 heteroatoms. The van der Waals surface area contributed by atoms with E-state index >= 15 is 0 Å². The predicted octanol–water partition coefficient (Wildman–Crippen LogP) is 2.19. The summed E-state index contributed by atoms with van der Waals surface area (Å²) in [5, 5.41) is 17.6. The van der Waals surface area contributed by atoms with E-state index in [9.17, 15) is 18.3 Å². The van der Waals surface area contributed by atoms with Crippen molar-refractivity contribution in [2.24, 2.45) is 0 Å². The summed E-state index contributed by atoms with van der Waals surface area (Å²) in [5.74, 6) is 0. The molecule has 4 nitrogen and oxygen atoms in total. The molecule has 1 aromatic heterocycles. The van der Waals surface area contributed by atoms with Gasteiger partial charge in [-0.1, -0.05) is 11.3 Å². The van der Waals surface area contributed by atoms with Crippen LogP contribution in [0.25, 0.3) is 0 Å². The summed E-state index contributed by atoms with van der Waals surface area (Å²) < 4.78 is 38.3. The molecular formula is C8H9BrF3N3OS. The van der Waals surface area contributed by atoms with E-state index in [4.69, 9.17) is 0 Å². The van der Waals surface area contributed by atoms with Crippen molar-refractivity contribution in [2.45, 2.75) is 24.6 Å². The first-order valence-electron chi connectivity index (χ1n) is 4.85. The maximum atomic E-state index is 12.6. The van der Waals surface area contributed by atoms with Crippen LogP contribution >= 0.6 is 27.3 Å². The number of aliphatic hydroxyl groups is 1. The molecule has 0 unspecified atom stereocenters. The van der Waals surface area contributed by atoms with Crippen LogP contribution in [0.2, 0.25) is 0 Å². The monoisotopic (exact) mass is 331 g/mol. The molecule has 1 aliphatic rings. The largest absolute Gasteiger partial charge is 0.417 e. The topological polar surface area (TPSA) is 49.2 Å². The number of hydrogen-bond donors (Lipinski definition) is 1. The van der Waals surface area contributed by atoms with E-state index in [2.05, 4.69) is 26.1 Å². The Kier molecular flexibility index (Phi) is 3.34. The zero-order chi connectivity index (χ0) is 12.7. The van der Waals surface area contributed by atoms with Crippen molar-refractivity contribution in [3.63, 3.8) is 0 Å². The minimum Gasteiger partial charge on any atom is -0.380 e. The van der Waals surface area contributed by atoms with E-state index in [0.717, 1.165) is 0 Å². The molecule has 0 atom stereocenters. The third kappa shape index (κ3) is 2.55. The van der Waals surface area contributed by atoms with Gasteiger partial charge in [0.15, 0.2) is 9.52 Å². The highest BCUT2D eigenvalue weighted by atomic mass is 79.9. The number of rotatable bonds is 1. The van der Waals surface area contributed by atoms with Gasteiger partial charge in [-0.3, -0.25) is 0 Å². The van der Waals surface area contributed by atoms with Crippen LogP contribution in [0.4, 0.5) is 18.3 Å². The Morgan fingerprint density at radius 2 is 1.88 bits per heavy atom. The minimum atomic E-state index is -4.57. The molecular weight excluding hydrogens is 323 g/mol. The highest BCUT2D eigenvalue weighted by molar-refractivity contribution is 9.11. The predicted molar refractivity (Wildman–Crippen MR) is 60.1 cm³/mol. The molecule has 96 valence electrons. The third-order valence-corrected chi connectivity index (χ3v) is 4.20. The number of anilines is 1. The van der Waals surface area contributed by atoms with Gasteiger partial charge in [-0.2, -0.15) is 13.2 Å². The molecule has 2 rings (SSSR count). The van der Waals surface area contributed by atoms with Gasteiger partial charge in [0.2, 0.25) is 5.13 Å². The van der Waals surface area contributed by atoms with Crippen molar-refractivity contribution < 1.29 is 18.3 Å². The number of aromatic nitrogens is 2. The smallest absolute Gasteiger partial charge is 0.380 e. The molecule has 2 heterocycles. The van der Waals surface area contributed by atoms with Gasteiger partial charge in [0.1, 0.15) is 0 Å². The summed E-state index contributed by atoms with van der Waals surface area (Å²) in [6.45, 7) is 0.245. The number of piperidine rings is 1. The Hall–Kier alpha value is -0.410. The SMILES string of the molecule is OC1(C(F)(F)F)CCN(c2nnc(Br)s2)CC1. The highest BCUT2D eigenvalue weighted by Gasteiger charge is 2.54. The van der Waals surface area contributed by atoms with Crippen LogP contribution in [0.5, 0.6) is 0 Å². The fourth-order valence-corrected chi connectivity index (χ4v) is 2.82. The van der Waals surface area contributed by atoms with Crippen LogP contribution in [0.3, 0.4) is 0 Å². The van der Waals surface area contributed by atoms with E-state index in [-0.39, 0.29) is 25.9 Å². The second-order valence-corrected chi connectivity index (χ2v) is 6.09. The molecule has 0 saturated carbocycles. The molecule has 1 N–H and O–H groups in total. The van der Waals surface area contributed by atoms with Crippen LogP contribution < -0.4 is 4.90 Å². The zero-order valence-corrected chi connectivity index (χ0v) is 10.9. The van der Waals surface area contributed by atoms with Crippen LogP contribution in [0.15, 0.2) is 3.92 Å². The summed E-state index contributed by atoms with van der Waals surface area (Å²) >= 11 is 4.40. The number of halogens is 4. The first-order valence-corrected chi connectivity index (χ1v) is 6.46. The van der Waals surface area contributed by atoms with Gasteiger partial charge in [0.05, 0.1) is 0 Å². The summed E-state index contributed by atoms with van der Waals surface area (Å²) in [5.41, 5.74) is -2.56. The molecule has 0 aliphatic carbocycles. The van der Waals surface area contributed by atoms with E-state index < -0.39 is 11.8 Å². The van der Waals surface area contributed by atoms with E-state index in [1.54, 1.807) is 4.90 Å². The Morgan fingerprint density at radius 1 is 1.29 bits per heavy atom. The first-order chi connectivity index (χ1) is 7.82.